The molecular weight excluding hydrogens is 420 g/mol. The molecule has 2 atom stereocenters. The van der Waals surface area contributed by atoms with Gasteiger partial charge in [0.25, 0.3) is 11.8 Å². The summed E-state index contributed by atoms with van der Waals surface area (Å²) in [5.41, 5.74) is 1.28. The van der Waals surface area contributed by atoms with Gasteiger partial charge in [0.2, 0.25) is 10.0 Å². The van der Waals surface area contributed by atoms with Crippen molar-refractivity contribution in [3.63, 3.8) is 0 Å². The highest BCUT2D eigenvalue weighted by atomic mass is 32.2. The van der Waals surface area contributed by atoms with E-state index in [1.165, 1.54) is 0 Å². The van der Waals surface area contributed by atoms with Gasteiger partial charge in [0.05, 0.1) is 10.9 Å². The van der Waals surface area contributed by atoms with Gasteiger partial charge in [-0.3, -0.25) is 9.59 Å². The van der Waals surface area contributed by atoms with Crippen molar-refractivity contribution < 1.29 is 22.7 Å². The zero-order valence-corrected chi connectivity index (χ0v) is 19.1. The van der Waals surface area contributed by atoms with Crippen LogP contribution in [0.3, 0.4) is 0 Å². The van der Waals surface area contributed by atoms with Crippen molar-refractivity contribution in [2.75, 3.05) is 13.6 Å². The standard InChI is InChI=1S/C21H28N4O5S/c1-11(2)24-31(28,29)12-8-14(18-16(9-12)23-20(27)21(3,4)30-18)15-10-25(5)19(26)17-13(15)6-7-22-17/h6-8,11-12,15,22,24H,9-10H2,1-5H3,(H,23,27). The number of ether oxygens (including phenoxy) is 1. The number of aromatic amines is 1. The van der Waals surface area contributed by atoms with Crippen molar-refractivity contribution in [1.82, 2.24) is 19.9 Å². The molecule has 3 N–H and O–H groups in total. The van der Waals surface area contributed by atoms with Gasteiger partial charge in [-0.05, 0) is 39.3 Å². The van der Waals surface area contributed by atoms with E-state index in [9.17, 15) is 18.0 Å². The molecule has 31 heavy (non-hydrogen) atoms. The molecule has 2 unspecified atom stereocenters. The molecule has 1 aromatic rings. The molecule has 0 fully saturated rings. The summed E-state index contributed by atoms with van der Waals surface area (Å²) >= 11 is 0. The summed E-state index contributed by atoms with van der Waals surface area (Å²) in [5.74, 6) is -0.248. The average molecular weight is 449 g/mol. The molecule has 168 valence electrons. The van der Waals surface area contributed by atoms with E-state index in [2.05, 4.69) is 15.0 Å². The summed E-state index contributed by atoms with van der Waals surface area (Å²) in [6.45, 7) is 7.24. The molecule has 1 aliphatic carbocycles. The second-order valence-corrected chi connectivity index (χ2v) is 11.0. The van der Waals surface area contributed by atoms with Crippen molar-refractivity contribution in [2.45, 2.75) is 56.9 Å². The SMILES string of the molecule is CC(C)NS(=O)(=O)C1C=C(C2CN(C)C(=O)c3[nH]ccc32)C2=C(C1)NC(=O)C(C)(C)O2. The van der Waals surface area contributed by atoms with Gasteiger partial charge < -0.3 is 19.9 Å². The number of nitrogens with one attached hydrogen (secondary N) is 3. The predicted octanol–water partition coefficient (Wildman–Crippen LogP) is 1.35. The molecule has 0 radical (unpaired) electrons. The molecule has 10 heteroatoms. The number of likely N-dealkylation sites (N-methyl/N-ethyl adjacent to an activating group) is 1. The molecule has 0 aromatic carbocycles. The molecular formula is C21H28N4O5S. The highest BCUT2D eigenvalue weighted by Crippen LogP contribution is 2.43. The first-order valence-corrected chi connectivity index (χ1v) is 11.8. The van der Waals surface area contributed by atoms with Crippen molar-refractivity contribution in [1.29, 1.82) is 0 Å². The molecule has 2 amide bonds. The van der Waals surface area contributed by atoms with Gasteiger partial charge >= 0.3 is 0 Å². The zero-order chi connectivity index (χ0) is 22.7. The fraction of sp³-hybridized carbons (Fsp3) is 0.524. The molecule has 0 bridgehead atoms. The Morgan fingerprint density at radius 1 is 1.29 bits per heavy atom. The molecule has 3 heterocycles. The van der Waals surface area contributed by atoms with Gasteiger partial charge in [-0.2, -0.15) is 0 Å². The predicted molar refractivity (Wildman–Crippen MR) is 115 cm³/mol. The van der Waals surface area contributed by atoms with Crippen LogP contribution >= 0.6 is 0 Å². The summed E-state index contributed by atoms with van der Waals surface area (Å²) in [6.07, 6.45) is 3.52. The Morgan fingerprint density at radius 3 is 2.68 bits per heavy atom. The average Bonchev–Trinajstić information content (AvgIpc) is 3.14. The Bertz CT molecular complexity index is 1110. The van der Waals surface area contributed by atoms with Gasteiger partial charge in [0.15, 0.2) is 5.60 Å². The van der Waals surface area contributed by atoms with Crippen LogP contribution in [-0.2, 0) is 19.6 Å². The lowest BCUT2D eigenvalue weighted by molar-refractivity contribution is -0.140. The third-order valence-electron chi connectivity index (χ3n) is 5.82. The van der Waals surface area contributed by atoms with Crippen LogP contribution in [0.5, 0.6) is 0 Å². The highest BCUT2D eigenvalue weighted by Gasteiger charge is 2.45. The van der Waals surface area contributed by atoms with Crippen LogP contribution in [0, 0.1) is 0 Å². The molecule has 0 saturated heterocycles. The largest absolute Gasteiger partial charge is 0.476 e. The molecule has 0 saturated carbocycles. The minimum absolute atomic E-state index is 0.101. The number of carbonyl (C=O) groups excluding carboxylic acids is 2. The van der Waals surface area contributed by atoms with Crippen LogP contribution in [0.25, 0.3) is 0 Å². The molecule has 0 spiro atoms. The molecule has 9 nitrogen and oxygen atoms in total. The van der Waals surface area contributed by atoms with Crippen LogP contribution < -0.4 is 10.0 Å². The Kier molecular flexibility index (Phi) is 5.05. The number of hydrogen-bond acceptors (Lipinski definition) is 5. The number of aromatic nitrogens is 1. The van der Waals surface area contributed by atoms with E-state index in [1.807, 2.05) is 6.07 Å². The minimum atomic E-state index is -3.70. The van der Waals surface area contributed by atoms with E-state index < -0.39 is 20.9 Å². The fourth-order valence-corrected chi connectivity index (χ4v) is 5.82. The van der Waals surface area contributed by atoms with Crippen LogP contribution in [0.2, 0.25) is 0 Å². The third-order valence-corrected chi connectivity index (χ3v) is 7.72. The summed E-state index contributed by atoms with van der Waals surface area (Å²) in [6, 6.07) is 1.58. The number of allylic oxidation sites excluding steroid dienone is 2. The number of H-pyrrole nitrogens is 1. The second-order valence-electron chi connectivity index (χ2n) is 9.10. The summed E-state index contributed by atoms with van der Waals surface area (Å²) in [7, 11) is -1.99. The summed E-state index contributed by atoms with van der Waals surface area (Å²) < 4.78 is 34.8. The monoisotopic (exact) mass is 448 g/mol. The van der Waals surface area contributed by atoms with Gasteiger partial charge in [0.1, 0.15) is 11.5 Å². The lowest BCUT2D eigenvalue weighted by Gasteiger charge is -2.40. The first-order valence-electron chi connectivity index (χ1n) is 10.3. The number of sulfonamides is 1. The zero-order valence-electron chi connectivity index (χ0n) is 18.3. The molecule has 4 rings (SSSR count). The topological polar surface area (TPSA) is 121 Å². The van der Waals surface area contributed by atoms with Gasteiger partial charge in [-0.1, -0.05) is 6.08 Å². The maximum absolute atomic E-state index is 13.0. The number of hydrogen-bond donors (Lipinski definition) is 3. The van der Waals surface area contributed by atoms with E-state index in [0.29, 0.717) is 29.3 Å². The fourth-order valence-electron chi connectivity index (χ4n) is 4.28. The summed E-state index contributed by atoms with van der Waals surface area (Å²) in [4.78, 5) is 29.7. The highest BCUT2D eigenvalue weighted by molar-refractivity contribution is 7.90. The van der Waals surface area contributed by atoms with E-state index in [1.54, 1.807) is 51.9 Å². The van der Waals surface area contributed by atoms with Crippen LogP contribution in [0.4, 0.5) is 0 Å². The van der Waals surface area contributed by atoms with Crippen molar-refractivity contribution >= 4 is 21.8 Å². The van der Waals surface area contributed by atoms with Crippen LogP contribution in [-0.4, -0.2) is 60.6 Å². The Hall–Kier alpha value is -2.59. The number of rotatable bonds is 4. The number of carbonyl (C=O) groups is 2. The first-order chi connectivity index (χ1) is 14.4. The number of fused-ring (bicyclic) bond motifs is 1. The molecule has 1 aromatic heterocycles. The molecule has 3 aliphatic rings. The van der Waals surface area contributed by atoms with Gasteiger partial charge in [0, 0.05) is 43.7 Å². The van der Waals surface area contributed by atoms with Gasteiger partial charge in [-0.15, -0.1) is 0 Å². The molecule has 2 aliphatic heterocycles. The Labute approximate surface area is 182 Å². The maximum Gasteiger partial charge on any atom is 0.270 e. The number of nitrogens with zero attached hydrogens (tertiary/aromatic N) is 1. The Balaban J connectivity index is 1.85. The van der Waals surface area contributed by atoms with E-state index in [-0.39, 0.29) is 30.2 Å². The van der Waals surface area contributed by atoms with Crippen LogP contribution in [0.1, 0.15) is 56.1 Å². The number of amides is 2. The smallest absolute Gasteiger partial charge is 0.270 e. The third kappa shape index (κ3) is 3.67. The maximum atomic E-state index is 13.0. The quantitative estimate of drug-likeness (QED) is 0.642. The van der Waals surface area contributed by atoms with Crippen molar-refractivity contribution in [3.05, 3.63) is 46.6 Å². The lowest BCUT2D eigenvalue weighted by atomic mass is 9.82. The first kappa shape index (κ1) is 21.6. The minimum Gasteiger partial charge on any atom is -0.476 e. The van der Waals surface area contributed by atoms with Crippen molar-refractivity contribution in [3.8, 4) is 0 Å². The van der Waals surface area contributed by atoms with E-state index >= 15 is 0 Å². The summed E-state index contributed by atoms with van der Waals surface area (Å²) in [5, 5.41) is 1.99. The van der Waals surface area contributed by atoms with Gasteiger partial charge in [-0.25, -0.2) is 13.1 Å². The normalized spacial score (nSPS) is 25.6. The van der Waals surface area contributed by atoms with Crippen LogP contribution in [0.15, 0.2) is 35.4 Å². The van der Waals surface area contributed by atoms with E-state index in [4.69, 9.17) is 4.74 Å². The Morgan fingerprint density at radius 2 is 2.00 bits per heavy atom. The van der Waals surface area contributed by atoms with Crippen molar-refractivity contribution in [2.24, 2.45) is 0 Å². The lowest BCUT2D eigenvalue weighted by Crippen LogP contribution is -2.51. The van der Waals surface area contributed by atoms with E-state index in [0.717, 1.165) is 5.56 Å². The second kappa shape index (κ2) is 7.23.